The lowest BCUT2D eigenvalue weighted by Gasteiger charge is -2.36. The lowest BCUT2D eigenvalue weighted by Crippen LogP contribution is -2.49. The number of anilines is 1. The molecule has 1 aliphatic heterocycles. The molecule has 31 heavy (non-hydrogen) atoms. The van der Waals surface area contributed by atoms with E-state index in [4.69, 9.17) is 9.97 Å². The molecular formula is C26H30N4O. The second kappa shape index (κ2) is 8.88. The third-order valence-electron chi connectivity index (χ3n) is 6.10. The van der Waals surface area contributed by atoms with Crippen molar-refractivity contribution in [1.82, 2.24) is 14.9 Å². The first kappa shape index (κ1) is 21.0. The molecule has 0 saturated carbocycles. The molecule has 5 nitrogen and oxygen atoms in total. The van der Waals surface area contributed by atoms with Crippen molar-refractivity contribution in [1.29, 1.82) is 0 Å². The van der Waals surface area contributed by atoms with E-state index in [1.165, 1.54) is 11.1 Å². The van der Waals surface area contributed by atoms with Crippen molar-refractivity contribution < 1.29 is 4.79 Å². The molecule has 0 atom stereocenters. The van der Waals surface area contributed by atoms with Crippen LogP contribution < -0.4 is 4.90 Å². The summed E-state index contributed by atoms with van der Waals surface area (Å²) in [5, 5.41) is 0. The molecule has 2 aromatic carbocycles. The van der Waals surface area contributed by atoms with Crippen LogP contribution in [-0.2, 0) is 6.42 Å². The highest BCUT2D eigenvalue weighted by atomic mass is 16.2. The average molecular weight is 415 g/mol. The third-order valence-corrected chi connectivity index (χ3v) is 6.10. The van der Waals surface area contributed by atoms with Crippen LogP contribution in [0.5, 0.6) is 0 Å². The predicted octanol–water partition coefficient (Wildman–Crippen LogP) is 4.59. The second-order valence-corrected chi connectivity index (χ2v) is 8.25. The molecule has 5 heteroatoms. The maximum Gasteiger partial charge on any atom is 0.254 e. The molecular weight excluding hydrogens is 384 g/mol. The molecule has 3 aromatic rings. The number of carbonyl (C=O) groups is 1. The predicted molar refractivity (Wildman–Crippen MR) is 126 cm³/mol. The van der Waals surface area contributed by atoms with Gasteiger partial charge in [-0.05, 0) is 38.8 Å². The zero-order chi connectivity index (χ0) is 22.0. The summed E-state index contributed by atoms with van der Waals surface area (Å²) in [5.41, 5.74) is 6.30. The first-order valence-corrected chi connectivity index (χ1v) is 11.0. The Kier molecular flexibility index (Phi) is 6.03. The number of aromatic nitrogens is 2. The lowest BCUT2D eigenvalue weighted by atomic mass is 10.1. The van der Waals surface area contributed by atoms with E-state index in [0.717, 1.165) is 53.5 Å². The van der Waals surface area contributed by atoms with Crippen LogP contribution in [0.25, 0.3) is 11.4 Å². The second-order valence-electron chi connectivity index (χ2n) is 8.25. The summed E-state index contributed by atoms with van der Waals surface area (Å²) in [4.78, 5) is 27.0. The van der Waals surface area contributed by atoms with Crippen molar-refractivity contribution in [3.8, 4) is 11.4 Å². The zero-order valence-corrected chi connectivity index (χ0v) is 18.9. The molecule has 1 fully saturated rings. The first-order chi connectivity index (χ1) is 15.0. The Labute approximate surface area is 184 Å². The normalized spacial score (nSPS) is 14.1. The van der Waals surface area contributed by atoms with Gasteiger partial charge in [0.15, 0.2) is 5.82 Å². The molecule has 0 spiro atoms. The van der Waals surface area contributed by atoms with Crippen molar-refractivity contribution in [3.05, 3.63) is 76.5 Å². The van der Waals surface area contributed by atoms with Crippen molar-refractivity contribution in [2.45, 2.75) is 34.1 Å². The number of hydrogen-bond acceptors (Lipinski definition) is 4. The van der Waals surface area contributed by atoms with Gasteiger partial charge in [0, 0.05) is 48.6 Å². The number of nitrogens with zero attached hydrogens (tertiary/aromatic N) is 4. The highest BCUT2D eigenvalue weighted by Gasteiger charge is 2.26. The maximum atomic E-state index is 13.0. The smallest absolute Gasteiger partial charge is 0.254 e. The minimum Gasteiger partial charge on any atom is -0.353 e. The van der Waals surface area contributed by atoms with Crippen molar-refractivity contribution in [2.75, 3.05) is 31.1 Å². The number of piperazine rings is 1. The summed E-state index contributed by atoms with van der Waals surface area (Å²) in [6.07, 6.45) is 0.887. The Morgan fingerprint density at radius 1 is 0.903 bits per heavy atom. The van der Waals surface area contributed by atoms with Crippen molar-refractivity contribution in [3.63, 3.8) is 0 Å². The van der Waals surface area contributed by atoms with E-state index in [1.807, 2.05) is 36.1 Å². The minimum atomic E-state index is 0.118. The van der Waals surface area contributed by atoms with E-state index >= 15 is 0 Å². The van der Waals surface area contributed by atoms with Gasteiger partial charge in [-0.15, -0.1) is 0 Å². The number of amides is 1. The standard InChI is InChI=1S/C26H30N4O/c1-5-22-20(4)27-24(21-12-10-18(2)11-13-21)28-25(22)29-14-16-30(17-15-29)26(31)23-9-7-6-8-19(23)3/h6-13H,5,14-17H2,1-4H3. The fraction of sp³-hybridized carbons (Fsp3) is 0.346. The number of rotatable bonds is 4. The molecule has 4 rings (SSSR count). The van der Waals surface area contributed by atoms with Gasteiger partial charge in [0.1, 0.15) is 5.82 Å². The van der Waals surface area contributed by atoms with Gasteiger partial charge in [0.25, 0.3) is 5.91 Å². The molecule has 1 saturated heterocycles. The molecule has 0 bridgehead atoms. The molecule has 0 radical (unpaired) electrons. The van der Waals surface area contributed by atoms with Crippen LogP contribution in [0.4, 0.5) is 5.82 Å². The van der Waals surface area contributed by atoms with Gasteiger partial charge in [0.2, 0.25) is 0 Å². The van der Waals surface area contributed by atoms with Crippen LogP contribution in [0.15, 0.2) is 48.5 Å². The Hall–Kier alpha value is -3.21. The molecule has 1 aromatic heterocycles. The molecule has 0 unspecified atom stereocenters. The Balaban J connectivity index is 1.57. The molecule has 160 valence electrons. The largest absolute Gasteiger partial charge is 0.353 e. The van der Waals surface area contributed by atoms with Crippen molar-refractivity contribution in [2.24, 2.45) is 0 Å². The average Bonchev–Trinajstić information content (AvgIpc) is 2.79. The lowest BCUT2D eigenvalue weighted by molar-refractivity contribution is 0.0745. The summed E-state index contributed by atoms with van der Waals surface area (Å²) < 4.78 is 0. The van der Waals surface area contributed by atoms with E-state index in [0.29, 0.717) is 13.1 Å². The van der Waals surface area contributed by atoms with Crippen LogP contribution in [0, 0.1) is 20.8 Å². The van der Waals surface area contributed by atoms with E-state index in [2.05, 4.69) is 49.9 Å². The number of benzene rings is 2. The topological polar surface area (TPSA) is 49.3 Å². The van der Waals surface area contributed by atoms with Gasteiger partial charge in [-0.2, -0.15) is 0 Å². The van der Waals surface area contributed by atoms with Gasteiger partial charge in [0.05, 0.1) is 0 Å². The van der Waals surface area contributed by atoms with Crippen LogP contribution in [-0.4, -0.2) is 47.0 Å². The fourth-order valence-electron chi connectivity index (χ4n) is 4.19. The van der Waals surface area contributed by atoms with E-state index in [-0.39, 0.29) is 5.91 Å². The minimum absolute atomic E-state index is 0.118. The summed E-state index contributed by atoms with van der Waals surface area (Å²) >= 11 is 0. The van der Waals surface area contributed by atoms with Crippen LogP contribution in [0.1, 0.15) is 39.7 Å². The monoisotopic (exact) mass is 414 g/mol. The maximum absolute atomic E-state index is 13.0. The van der Waals surface area contributed by atoms with E-state index in [1.54, 1.807) is 0 Å². The van der Waals surface area contributed by atoms with Gasteiger partial charge in [-0.25, -0.2) is 9.97 Å². The van der Waals surface area contributed by atoms with Gasteiger partial charge in [-0.3, -0.25) is 4.79 Å². The van der Waals surface area contributed by atoms with Gasteiger partial charge in [-0.1, -0.05) is 55.0 Å². The third kappa shape index (κ3) is 4.31. The van der Waals surface area contributed by atoms with Gasteiger partial charge < -0.3 is 9.80 Å². The molecule has 1 amide bonds. The van der Waals surface area contributed by atoms with Crippen molar-refractivity contribution >= 4 is 11.7 Å². The number of hydrogen-bond donors (Lipinski definition) is 0. The number of carbonyl (C=O) groups excluding carboxylic acids is 1. The molecule has 0 N–H and O–H groups in total. The molecule has 0 aliphatic carbocycles. The van der Waals surface area contributed by atoms with Crippen LogP contribution in [0.3, 0.4) is 0 Å². The van der Waals surface area contributed by atoms with E-state index in [9.17, 15) is 4.79 Å². The summed E-state index contributed by atoms with van der Waals surface area (Å²) in [7, 11) is 0. The molecule has 2 heterocycles. The Morgan fingerprint density at radius 3 is 2.23 bits per heavy atom. The fourth-order valence-corrected chi connectivity index (χ4v) is 4.19. The van der Waals surface area contributed by atoms with E-state index < -0.39 is 0 Å². The first-order valence-electron chi connectivity index (χ1n) is 11.0. The van der Waals surface area contributed by atoms with Crippen LogP contribution >= 0.6 is 0 Å². The summed E-state index contributed by atoms with van der Waals surface area (Å²) in [5.74, 6) is 1.89. The highest BCUT2D eigenvalue weighted by molar-refractivity contribution is 5.95. The summed E-state index contributed by atoms with van der Waals surface area (Å²) in [6.45, 7) is 11.2. The Bertz CT molecular complexity index is 1080. The highest BCUT2D eigenvalue weighted by Crippen LogP contribution is 2.27. The SMILES string of the molecule is CCc1c(C)nc(-c2ccc(C)cc2)nc1N1CCN(C(=O)c2ccccc2C)CC1. The van der Waals surface area contributed by atoms with Crippen LogP contribution in [0.2, 0.25) is 0 Å². The quantitative estimate of drug-likeness (QED) is 0.626. The van der Waals surface area contributed by atoms with Gasteiger partial charge >= 0.3 is 0 Å². The zero-order valence-electron chi connectivity index (χ0n) is 18.9. The number of aryl methyl sites for hydroxylation is 3. The Morgan fingerprint density at radius 2 is 1.58 bits per heavy atom. The summed E-state index contributed by atoms with van der Waals surface area (Å²) in [6, 6.07) is 16.2. The molecule has 1 aliphatic rings.